The molecule has 0 bridgehead atoms. The second kappa shape index (κ2) is 10.6. The van der Waals surface area contributed by atoms with Gasteiger partial charge in [0.05, 0.1) is 27.9 Å². The van der Waals surface area contributed by atoms with E-state index >= 15 is 0 Å². The van der Waals surface area contributed by atoms with E-state index < -0.39 is 17.8 Å². The van der Waals surface area contributed by atoms with Crippen LogP contribution in [0.15, 0.2) is 24.4 Å². The zero-order valence-electron chi connectivity index (χ0n) is 19.9. The van der Waals surface area contributed by atoms with Crippen LogP contribution >= 0.6 is 11.3 Å². The maximum Gasteiger partial charge on any atom is 0.417 e. The molecule has 0 saturated heterocycles. The Hall–Kier alpha value is -2.62. The molecule has 2 atom stereocenters. The molecule has 2 saturated carbocycles. The van der Waals surface area contributed by atoms with Gasteiger partial charge < -0.3 is 16.0 Å². The van der Waals surface area contributed by atoms with Crippen molar-refractivity contribution in [3.05, 3.63) is 45.4 Å². The number of rotatable bonds is 9. The third kappa shape index (κ3) is 6.74. The molecule has 35 heavy (non-hydrogen) atoms. The Morgan fingerprint density at radius 1 is 1.17 bits per heavy atom. The van der Waals surface area contributed by atoms with Crippen molar-refractivity contribution in [3.63, 3.8) is 0 Å². The molecule has 190 valence electrons. The highest BCUT2D eigenvalue weighted by molar-refractivity contribution is 7.14. The molecule has 0 aromatic carbocycles. The standard InChI is InChI=1S/C25H31F3N4O2S/c1-14-19(12-17(13-29-14)25(26,27)28)30-15(2)21-9-10-22(35-21)24(34)32-20(11-16-5-3-4-6-16)23(33)31-18-7-8-18/h9-10,12-13,15-16,18,20,30H,3-8,11H2,1-2H3,(H,31,33)(H,32,34)/t15-,20+/m1/s1. The van der Waals surface area contributed by atoms with Gasteiger partial charge in [0.25, 0.3) is 5.91 Å². The third-order valence-corrected chi connectivity index (χ3v) is 7.92. The fourth-order valence-corrected chi connectivity index (χ4v) is 5.33. The van der Waals surface area contributed by atoms with Gasteiger partial charge in [0, 0.05) is 17.1 Å². The number of thiophene rings is 1. The molecule has 2 fully saturated rings. The molecule has 2 aliphatic rings. The lowest BCUT2D eigenvalue weighted by molar-refractivity contribution is -0.137. The number of carbonyl (C=O) groups is 2. The lowest BCUT2D eigenvalue weighted by Crippen LogP contribution is -2.48. The predicted octanol–water partition coefficient (Wildman–Crippen LogP) is 5.60. The van der Waals surface area contributed by atoms with Gasteiger partial charge in [-0.05, 0) is 57.2 Å². The molecule has 6 nitrogen and oxygen atoms in total. The lowest BCUT2D eigenvalue weighted by Gasteiger charge is -2.21. The molecular formula is C25H31F3N4O2S. The number of halogens is 3. The Labute approximate surface area is 207 Å². The van der Waals surface area contributed by atoms with E-state index in [2.05, 4.69) is 20.9 Å². The second-order valence-corrected chi connectivity index (χ2v) is 10.7. The first-order valence-corrected chi connectivity index (χ1v) is 12.9. The van der Waals surface area contributed by atoms with Crippen LogP contribution in [-0.4, -0.2) is 28.9 Å². The van der Waals surface area contributed by atoms with E-state index in [-0.39, 0.29) is 23.9 Å². The van der Waals surface area contributed by atoms with E-state index in [9.17, 15) is 22.8 Å². The maximum absolute atomic E-state index is 13.1. The molecular weight excluding hydrogens is 477 g/mol. The van der Waals surface area contributed by atoms with Gasteiger partial charge in [-0.3, -0.25) is 14.6 Å². The van der Waals surface area contributed by atoms with Crippen molar-refractivity contribution >= 4 is 28.8 Å². The Morgan fingerprint density at radius 2 is 1.89 bits per heavy atom. The number of aromatic nitrogens is 1. The summed E-state index contributed by atoms with van der Waals surface area (Å²) in [5.74, 6) is 0.0177. The van der Waals surface area contributed by atoms with Crippen LogP contribution < -0.4 is 16.0 Å². The van der Waals surface area contributed by atoms with Crippen LogP contribution in [0.3, 0.4) is 0 Å². The summed E-state index contributed by atoms with van der Waals surface area (Å²) in [4.78, 5) is 30.9. The van der Waals surface area contributed by atoms with Gasteiger partial charge in [0.1, 0.15) is 6.04 Å². The Morgan fingerprint density at radius 3 is 2.54 bits per heavy atom. The van der Waals surface area contributed by atoms with Crippen LogP contribution in [0.25, 0.3) is 0 Å². The summed E-state index contributed by atoms with van der Waals surface area (Å²) in [7, 11) is 0. The number of nitrogens with one attached hydrogen (secondary N) is 3. The van der Waals surface area contributed by atoms with E-state index in [1.54, 1.807) is 19.1 Å². The first-order valence-electron chi connectivity index (χ1n) is 12.1. The van der Waals surface area contributed by atoms with E-state index in [1.165, 1.54) is 11.3 Å². The van der Waals surface area contributed by atoms with Crippen LogP contribution in [0, 0.1) is 12.8 Å². The van der Waals surface area contributed by atoms with Crippen LogP contribution in [-0.2, 0) is 11.0 Å². The van der Waals surface area contributed by atoms with Gasteiger partial charge in [-0.1, -0.05) is 25.7 Å². The highest BCUT2D eigenvalue weighted by atomic mass is 32.1. The number of hydrogen-bond acceptors (Lipinski definition) is 5. The summed E-state index contributed by atoms with van der Waals surface area (Å²) in [6.45, 7) is 3.46. The molecule has 0 unspecified atom stereocenters. The molecule has 4 rings (SSSR count). The van der Waals surface area contributed by atoms with Crippen LogP contribution in [0.2, 0.25) is 0 Å². The number of alkyl halides is 3. The second-order valence-electron chi connectivity index (χ2n) is 9.62. The van der Waals surface area contributed by atoms with Crippen molar-refractivity contribution in [2.45, 2.75) is 83.1 Å². The molecule has 2 aromatic heterocycles. The van der Waals surface area contributed by atoms with E-state index in [1.807, 2.05) is 6.92 Å². The highest BCUT2D eigenvalue weighted by Crippen LogP contribution is 2.33. The van der Waals surface area contributed by atoms with E-state index in [0.717, 1.165) is 55.7 Å². The molecule has 10 heteroatoms. The summed E-state index contributed by atoms with van der Waals surface area (Å²) in [6.07, 6.45) is 3.44. The highest BCUT2D eigenvalue weighted by Gasteiger charge is 2.33. The fraction of sp³-hybridized carbons (Fsp3) is 0.560. The van der Waals surface area contributed by atoms with Gasteiger partial charge in [-0.15, -0.1) is 11.3 Å². The van der Waals surface area contributed by atoms with Crippen LogP contribution in [0.1, 0.15) is 83.7 Å². The monoisotopic (exact) mass is 508 g/mol. The maximum atomic E-state index is 13.1. The van der Waals surface area contributed by atoms with Crippen molar-refractivity contribution in [2.24, 2.45) is 5.92 Å². The minimum Gasteiger partial charge on any atom is -0.376 e. The van der Waals surface area contributed by atoms with Crippen molar-refractivity contribution in [3.8, 4) is 0 Å². The average Bonchev–Trinajstić information content (AvgIpc) is 3.25. The summed E-state index contributed by atoms with van der Waals surface area (Å²) >= 11 is 1.26. The topological polar surface area (TPSA) is 83.1 Å². The number of pyridine rings is 1. The zero-order valence-corrected chi connectivity index (χ0v) is 20.7. The molecule has 2 heterocycles. The molecule has 2 aromatic rings. The van der Waals surface area contributed by atoms with Gasteiger partial charge in [-0.2, -0.15) is 13.2 Å². The Kier molecular flexibility index (Phi) is 7.68. The number of nitrogens with zero attached hydrogens (tertiary/aromatic N) is 1. The smallest absolute Gasteiger partial charge is 0.376 e. The van der Waals surface area contributed by atoms with E-state index in [4.69, 9.17) is 0 Å². The summed E-state index contributed by atoms with van der Waals surface area (Å²) in [5, 5.41) is 9.02. The molecule has 0 radical (unpaired) electrons. The van der Waals surface area contributed by atoms with Gasteiger partial charge in [-0.25, -0.2) is 0 Å². The number of carbonyl (C=O) groups excluding carboxylic acids is 2. The van der Waals surface area contributed by atoms with Crippen molar-refractivity contribution in [1.29, 1.82) is 0 Å². The average molecular weight is 509 g/mol. The minimum absolute atomic E-state index is 0.118. The Bertz CT molecular complexity index is 1060. The van der Waals surface area contributed by atoms with Crippen LogP contribution in [0.4, 0.5) is 18.9 Å². The fourth-order valence-electron chi connectivity index (χ4n) is 4.42. The van der Waals surface area contributed by atoms with Crippen molar-refractivity contribution < 1.29 is 22.8 Å². The van der Waals surface area contributed by atoms with Crippen LogP contribution in [0.5, 0.6) is 0 Å². The predicted molar refractivity (Wildman–Crippen MR) is 129 cm³/mol. The quantitative estimate of drug-likeness (QED) is 0.412. The number of aryl methyl sites for hydroxylation is 1. The number of hydrogen-bond donors (Lipinski definition) is 3. The van der Waals surface area contributed by atoms with Crippen molar-refractivity contribution in [2.75, 3.05) is 5.32 Å². The zero-order chi connectivity index (χ0) is 25.2. The van der Waals surface area contributed by atoms with Gasteiger partial charge >= 0.3 is 6.18 Å². The van der Waals surface area contributed by atoms with Gasteiger partial charge in [0.15, 0.2) is 0 Å². The molecule has 2 aliphatic carbocycles. The normalized spacial score (nSPS) is 18.2. The van der Waals surface area contributed by atoms with Crippen molar-refractivity contribution in [1.82, 2.24) is 15.6 Å². The first-order chi connectivity index (χ1) is 16.6. The lowest BCUT2D eigenvalue weighted by atomic mass is 9.97. The summed E-state index contributed by atoms with van der Waals surface area (Å²) in [5.41, 5.74) is -0.0715. The Balaban J connectivity index is 1.41. The molecule has 3 N–H and O–H groups in total. The number of anilines is 1. The SMILES string of the molecule is Cc1ncc(C(F)(F)F)cc1N[C@H](C)c1ccc(C(=O)N[C@@H](CC2CCCC2)C(=O)NC2CC2)s1. The number of amides is 2. The molecule has 0 aliphatic heterocycles. The minimum atomic E-state index is -4.48. The first kappa shape index (κ1) is 25.5. The van der Waals surface area contributed by atoms with E-state index in [0.29, 0.717) is 28.6 Å². The molecule has 0 spiro atoms. The third-order valence-electron chi connectivity index (χ3n) is 6.65. The van der Waals surface area contributed by atoms with Gasteiger partial charge in [0.2, 0.25) is 5.91 Å². The molecule has 2 amide bonds. The summed E-state index contributed by atoms with van der Waals surface area (Å²) in [6, 6.07) is 3.84. The largest absolute Gasteiger partial charge is 0.417 e. The summed E-state index contributed by atoms with van der Waals surface area (Å²) < 4.78 is 39.2.